The van der Waals surface area contributed by atoms with E-state index in [0.29, 0.717) is 6.54 Å². The number of nitrogens with zero attached hydrogens (tertiary/aromatic N) is 3. The second-order valence-electron chi connectivity index (χ2n) is 3.99. The van der Waals surface area contributed by atoms with Gasteiger partial charge in [-0.1, -0.05) is 24.3 Å². The molecule has 3 rings (SSSR count). The van der Waals surface area contributed by atoms with Crippen molar-refractivity contribution >= 4 is 21.6 Å². The Labute approximate surface area is 113 Å². The SMILES string of the molecule is NCc1ccc(-c2nc3ccc(Br)cn3n2)cc1. The largest absolute Gasteiger partial charge is 0.326 e. The minimum Gasteiger partial charge on any atom is -0.326 e. The van der Waals surface area contributed by atoms with Crippen LogP contribution in [0.3, 0.4) is 0 Å². The fraction of sp³-hybridized carbons (Fsp3) is 0.0769. The van der Waals surface area contributed by atoms with E-state index in [0.717, 1.165) is 27.1 Å². The van der Waals surface area contributed by atoms with Gasteiger partial charge in [-0.05, 0) is 33.6 Å². The van der Waals surface area contributed by atoms with Crippen LogP contribution in [0.2, 0.25) is 0 Å². The van der Waals surface area contributed by atoms with E-state index in [1.54, 1.807) is 4.52 Å². The molecule has 0 aliphatic heterocycles. The second-order valence-corrected chi connectivity index (χ2v) is 4.90. The van der Waals surface area contributed by atoms with Crippen LogP contribution in [-0.2, 0) is 6.54 Å². The highest BCUT2D eigenvalue weighted by Crippen LogP contribution is 2.18. The summed E-state index contributed by atoms with van der Waals surface area (Å²) in [6, 6.07) is 11.9. The third kappa shape index (κ3) is 2.02. The zero-order chi connectivity index (χ0) is 12.5. The summed E-state index contributed by atoms with van der Waals surface area (Å²) in [7, 11) is 0. The van der Waals surface area contributed by atoms with Gasteiger partial charge in [-0.3, -0.25) is 0 Å². The van der Waals surface area contributed by atoms with E-state index in [1.807, 2.05) is 42.6 Å². The van der Waals surface area contributed by atoms with Crippen LogP contribution in [0.1, 0.15) is 5.56 Å². The lowest BCUT2D eigenvalue weighted by Gasteiger charge is -1.97. The first-order chi connectivity index (χ1) is 8.76. The Bertz CT molecular complexity index is 688. The van der Waals surface area contributed by atoms with Gasteiger partial charge in [0.1, 0.15) is 0 Å². The van der Waals surface area contributed by atoms with E-state index in [2.05, 4.69) is 26.0 Å². The molecular weight excluding hydrogens is 292 g/mol. The predicted molar refractivity (Wildman–Crippen MR) is 74.0 cm³/mol. The molecule has 2 N–H and O–H groups in total. The number of fused-ring (bicyclic) bond motifs is 1. The normalized spacial score (nSPS) is 11.0. The molecule has 0 aliphatic carbocycles. The maximum Gasteiger partial charge on any atom is 0.182 e. The lowest BCUT2D eigenvalue weighted by atomic mass is 10.1. The van der Waals surface area contributed by atoms with Crippen molar-refractivity contribution in [1.29, 1.82) is 0 Å². The van der Waals surface area contributed by atoms with Gasteiger partial charge in [-0.25, -0.2) is 9.50 Å². The highest BCUT2D eigenvalue weighted by Gasteiger charge is 2.06. The first-order valence-electron chi connectivity index (χ1n) is 5.57. The van der Waals surface area contributed by atoms with Crippen LogP contribution in [0.15, 0.2) is 47.1 Å². The Morgan fingerprint density at radius 2 is 1.89 bits per heavy atom. The fourth-order valence-electron chi connectivity index (χ4n) is 1.77. The van der Waals surface area contributed by atoms with Gasteiger partial charge in [0.15, 0.2) is 11.5 Å². The Balaban J connectivity index is 2.07. The molecule has 0 unspecified atom stereocenters. The standard InChI is InChI=1S/C13H11BrN4/c14-11-5-6-12-16-13(17-18(12)8-11)10-3-1-9(7-15)2-4-10/h1-6,8H,7,15H2. The molecule has 90 valence electrons. The van der Waals surface area contributed by atoms with Crippen molar-refractivity contribution in [1.82, 2.24) is 14.6 Å². The molecule has 0 radical (unpaired) electrons. The molecule has 0 saturated carbocycles. The van der Waals surface area contributed by atoms with Crippen LogP contribution >= 0.6 is 15.9 Å². The van der Waals surface area contributed by atoms with Crippen LogP contribution in [-0.4, -0.2) is 14.6 Å². The Hall–Kier alpha value is -1.72. The van der Waals surface area contributed by atoms with Crippen LogP contribution < -0.4 is 5.73 Å². The molecule has 3 aromatic rings. The number of hydrogen-bond acceptors (Lipinski definition) is 3. The van der Waals surface area contributed by atoms with E-state index in [-0.39, 0.29) is 0 Å². The average Bonchev–Trinajstić information content (AvgIpc) is 2.81. The van der Waals surface area contributed by atoms with Gasteiger partial charge < -0.3 is 5.73 Å². The van der Waals surface area contributed by atoms with E-state index in [1.165, 1.54) is 0 Å². The molecule has 0 bridgehead atoms. The monoisotopic (exact) mass is 302 g/mol. The summed E-state index contributed by atoms with van der Waals surface area (Å²) in [6.07, 6.45) is 1.89. The van der Waals surface area contributed by atoms with Crippen molar-refractivity contribution in [3.05, 3.63) is 52.6 Å². The molecule has 1 aromatic carbocycles. The highest BCUT2D eigenvalue weighted by atomic mass is 79.9. The van der Waals surface area contributed by atoms with E-state index in [4.69, 9.17) is 5.73 Å². The summed E-state index contributed by atoms with van der Waals surface area (Å²) in [4.78, 5) is 4.48. The highest BCUT2D eigenvalue weighted by molar-refractivity contribution is 9.10. The number of nitrogens with two attached hydrogens (primary N) is 1. The van der Waals surface area contributed by atoms with Gasteiger partial charge in [0.2, 0.25) is 0 Å². The third-order valence-corrected chi connectivity index (χ3v) is 3.21. The summed E-state index contributed by atoms with van der Waals surface area (Å²) < 4.78 is 2.74. The lowest BCUT2D eigenvalue weighted by Crippen LogP contribution is -1.95. The molecule has 0 amide bonds. The molecule has 2 aromatic heterocycles. The molecular formula is C13H11BrN4. The second kappa shape index (κ2) is 4.51. The molecule has 0 saturated heterocycles. The van der Waals surface area contributed by atoms with Gasteiger partial charge >= 0.3 is 0 Å². The lowest BCUT2D eigenvalue weighted by molar-refractivity contribution is 0.960. The van der Waals surface area contributed by atoms with Crippen molar-refractivity contribution < 1.29 is 0 Å². The minimum absolute atomic E-state index is 0.547. The van der Waals surface area contributed by atoms with Crippen LogP contribution in [0.5, 0.6) is 0 Å². The number of pyridine rings is 1. The molecule has 0 spiro atoms. The zero-order valence-electron chi connectivity index (χ0n) is 9.55. The van der Waals surface area contributed by atoms with Gasteiger partial charge in [-0.2, -0.15) is 0 Å². The number of aromatic nitrogens is 3. The number of halogens is 1. The first-order valence-corrected chi connectivity index (χ1v) is 6.37. The summed E-state index contributed by atoms with van der Waals surface area (Å²) >= 11 is 3.41. The summed E-state index contributed by atoms with van der Waals surface area (Å²) in [5.74, 6) is 0.719. The topological polar surface area (TPSA) is 56.2 Å². The number of rotatable bonds is 2. The summed E-state index contributed by atoms with van der Waals surface area (Å²) in [5, 5.41) is 4.44. The van der Waals surface area contributed by atoms with Crippen molar-refractivity contribution in [2.45, 2.75) is 6.54 Å². The molecule has 0 fully saturated rings. The van der Waals surface area contributed by atoms with Crippen molar-refractivity contribution in [2.75, 3.05) is 0 Å². The Morgan fingerprint density at radius 3 is 2.61 bits per heavy atom. The molecule has 4 nitrogen and oxygen atoms in total. The predicted octanol–water partition coefficient (Wildman–Crippen LogP) is 2.62. The number of hydrogen-bond donors (Lipinski definition) is 1. The minimum atomic E-state index is 0.547. The maximum atomic E-state index is 5.58. The van der Waals surface area contributed by atoms with Gasteiger partial charge in [0, 0.05) is 22.8 Å². The van der Waals surface area contributed by atoms with Gasteiger partial charge in [-0.15, -0.1) is 5.10 Å². The quantitative estimate of drug-likeness (QED) is 0.792. The zero-order valence-corrected chi connectivity index (χ0v) is 11.1. The fourth-order valence-corrected chi connectivity index (χ4v) is 2.10. The average molecular weight is 303 g/mol. The van der Waals surface area contributed by atoms with Gasteiger partial charge in [0.05, 0.1) is 0 Å². The molecule has 0 aliphatic rings. The Morgan fingerprint density at radius 1 is 1.11 bits per heavy atom. The molecule has 18 heavy (non-hydrogen) atoms. The van der Waals surface area contributed by atoms with Crippen molar-refractivity contribution in [3.63, 3.8) is 0 Å². The molecule has 5 heteroatoms. The number of benzene rings is 1. The van der Waals surface area contributed by atoms with Crippen LogP contribution in [0.4, 0.5) is 0 Å². The van der Waals surface area contributed by atoms with E-state index in [9.17, 15) is 0 Å². The Kier molecular flexibility index (Phi) is 2.85. The maximum absolute atomic E-state index is 5.58. The van der Waals surface area contributed by atoms with Gasteiger partial charge in [0.25, 0.3) is 0 Å². The van der Waals surface area contributed by atoms with Crippen molar-refractivity contribution in [3.8, 4) is 11.4 Å². The van der Waals surface area contributed by atoms with E-state index >= 15 is 0 Å². The summed E-state index contributed by atoms with van der Waals surface area (Å²) in [6.45, 7) is 0.547. The van der Waals surface area contributed by atoms with E-state index < -0.39 is 0 Å². The smallest absolute Gasteiger partial charge is 0.182 e. The summed E-state index contributed by atoms with van der Waals surface area (Å²) in [5.41, 5.74) is 8.50. The molecule has 0 atom stereocenters. The van der Waals surface area contributed by atoms with Crippen LogP contribution in [0.25, 0.3) is 17.0 Å². The first kappa shape index (κ1) is 11.4. The van der Waals surface area contributed by atoms with Crippen molar-refractivity contribution in [2.24, 2.45) is 5.73 Å². The molecule has 2 heterocycles. The van der Waals surface area contributed by atoms with Crippen LogP contribution in [0, 0.1) is 0 Å². The third-order valence-electron chi connectivity index (χ3n) is 2.74.